The van der Waals surface area contributed by atoms with Crippen LogP contribution >= 0.6 is 0 Å². The summed E-state index contributed by atoms with van der Waals surface area (Å²) in [4.78, 5) is 13.1. The smallest absolute Gasteiger partial charge is 0.244 e. The first-order valence-corrected chi connectivity index (χ1v) is 4.14. The van der Waals surface area contributed by atoms with Gasteiger partial charge in [-0.05, 0) is 6.92 Å². The second kappa shape index (κ2) is 2.48. The molecule has 1 aliphatic heterocycles. The van der Waals surface area contributed by atoms with Gasteiger partial charge in [-0.25, -0.2) is 0 Å². The van der Waals surface area contributed by atoms with Gasteiger partial charge in [-0.1, -0.05) is 0 Å². The number of hydrogen-bond donors (Lipinski definition) is 1. The zero-order valence-electron chi connectivity index (χ0n) is 7.96. The van der Waals surface area contributed by atoms with Gasteiger partial charge in [-0.3, -0.25) is 9.48 Å². The number of carbonyl (C=O) groups is 1. The van der Waals surface area contributed by atoms with Crippen LogP contribution in [0, 0.1) is 6.92 Å². The number of nitrogens with one attached hydrogen (secondary N) is 1. The number of rotatable bonds is 0. The number of anilines is 2. The number of fused-ring (bicyclic) bond motifs is 1. The van der Waals surface area contributed by atoms with Crippen molar-refractivity contribution >= 4 is 17.4 Å². The number of nitrogens with zero attached hydrogens (tertiary/aromatic N) is 3. The summed E-state index contributed by atoms with van der Waals surface area (Å²) in [7, 11) is 3.76. The number of likely N-dealkylation sites (N-methyl/N-ethyl adjacent to an activating group) is 1. The van der Waals surface area contributed by atoms with Crippen LogP contribution in [0.25, 0.3) is 0 Å². The lowest BCUT2D eigenvalue weighted by molar-refractivity contribution is -0.115. The summed E-state index contributed by atoms with van der Waals surface area (Å²) >= 11 is 0. The van der Waals surface area contributed by atoms with Crippen molar-refractivity contribution in [3.8, 4) is 0 Å². The molecular formula is C8H12N4O. The van der Waals surface area contributed by atoms with Crippen LogP contribution in [-0.2, 0) is 11.8 Å². The molecule has 0 saturated carbocycles. The summed E-state index contributed by atoms with van der Waals surface area (Å²) in [5, 5.41) is 7.05. The molecule has 5 heteroatoms. The highest BCUT2D eigenvalue weighted by atomic mass is 16.2. The Labute approximate surface area is 76.3 Å². The Kier molecular flexibility index (Phi) is 1.55. The van der Waals surface area contributed by atoms with E-state index in [0.29, 0.717) is 6.54 Å². The van der Waals surface area contributed by atoms with Crippen LogP contribution in [0.5, 0.6) is 0 Å². The first-order valence-electron chi connectivity index (χ1n) is 4.14. The first-order chi connectivity index (χ1) is 6.09. The van der Waals surface area contributed by atoms with Crippen molar-refractivity contribution in [1.29, 1.82) is 0 Å². The second-order valence-corrected chi connectivity index (χ2v) is 3.31. The zero-order valence-corrected chi connectivity index (χ0v) is 7.96. The van der Waals surface area contributed by atoms with Gasteiger partial charge in [0.1, 0.15) is 5.69 Å². The molecule has 0 atom stereocenters. The SMILES string of the molecule is Cc1nn(C)c2c1NC(=O)CN2C. The number of carbonyl (C=O) groups excluding carboxylic acids is 1. The van der Waals surface area contributed by atoms with Gasteiger partial charge < -0.3 is 10.2 Å². The maximum absolute atomic E-state index is 11.2. The monoisotopic (exact) mass is 180 g/mol. The summed E-state index contributed by atoms with van der Waals surface area (Å²) in [5.41, 5.74) is 1.69. The number of hydrogen-bond acceptors (Lipinski definition) is 3. The van der Waals surface area contributed by atoms with E-state index >= 15 is 0 Å². The Hall–Kier alpha value is -1.52. The summed E-state index contributed by atoms with van der Waals surface area (Å²) in [5.74, 6) is 0.989. The standard InChI is InChI=1S/C8H12N4O/c1-5-7-8(12(3)10-5)11(2)4-6(13)9-7/h4H2,1-3H3,(H,9,13). The summed E-state index contributed by atoms with van der Waals surface area (Å²) < 4.78 is 1.78. The highest BCUT2D eigenvalue weighted by Gasteiger charge is 2.24. The molecule has 1 amide bonds. The first kappa shape index (κ1) is 8.10. The molecule has 0 bridgehead atoms. The van der Waals surface area contributed by atoms with E-state index in [1.165, 1.54) is 0 Å². The molecule has 0 aromatic carbocycles. The van der Waals surface area contributed by atoms with E-state index in [0.717, 1.165) is 17.2 Å². The van der Waals surface area contributed by atoms with E-state index in [2.05, 4.69) is 10.4 Å². The average Bonchev–Trinajstić information content (AvgIpc) is 2.27. The van der Waals surface area contributed by atoms with Crippen LogP contribution in [0.2, 0.25) is 0 Å². The number of aryl methyl sites for hydroxylation is 2. The molecule has 0 saturated heterocycles. The predicted molar refractivity (Wildman–Crippen MR) is 49.8 cm³/mol. The third-order valence-corrected chi connectivity index (χ3v) is 2.20. The minimum Gasteiger partial charge on any atom is -0.349 e. The van der Waals surface area contributed by atoms with Crippen molar-refractivity contribution < 1.29 is 4.79 Å². The van der Waals surface area contributed by atoms with E-state index in [-0.39, 0.29) is 5.91 Å². The van der Waals surface area contributed by atoms with Crippen LogP contribution in [-0.4, -0.2) is 29.3 Å². The molecule has 70 valence electrons. The highest BCUT2D eigenvalue weighted by Crippen LogP contribution is 2.30. The molecule has 2 rings (SSSR count). The van der Waals surface area contributed by atoms with Crippen LogP contribution < -0.4 is 10.2 Å². The summed E-state index contributed by atoms with van der Waals surface area (Å²) in [6.45, 7) is 2.28. The normalized spacial score (nSPS) is 15.6. The predicted octanol–water partition coefficient (Wildman–Crippen LogP) is 0.117. The Balaban J connectivity index is 2.57. The van der Waals surface area contributed by atoms with Crippen LogP contribution in [0.4, 0.5) is 11.5 Å². The van der Waals surface area contributed by atoms with Gasteiger partial charge in [0.2, 0.25) is 5.91 Å². The van der Waals surface area contributed by atoms with E-state index in [1.807, 2.05) is 25.9 Å². The molecule has 0 fully saturated rings. The fourth-order valence-corrected chi connectivity index (χ4v) is 1.70. The fraction of sp³-hybridized carbons (Fsp3) is 0.500. The van der Waals surface area contributed by atoms with Gasteiger partial charge in [-0.2, -0.15) is 5.10 Å². The molecule has 5 nitrogen and oxygen atoms in total. The van der Waals surface area contributed by atoms with E-state index < -0.39 is 0 Å². The second-order valence-electron chi connectivity index (χ2n) is 3.31. The lowest BCUT2D eigenvalue weighted by atomic mass is 10.3. The van der Waals surface area contributed by atoms with Gasteiger partial charge >= 0.3 is 0 Å². The van der Waals surface area contributed by atoms with Crippen LogP contribution in [0.15, 0.2) is 0 Å². The zero-order chi connectivity index (χ0) is 9.59. The lowest BCUT2D eigenvalue weighted by Gasteiger charge is -2.24. The minimum absolute atomic E-state index is 0.0195. The highest BCUT2D eigenvalue weighted by molar-refractivity contribution is 6.00. The molecule has 2 heterocycles. The fourth-order valence-electron chi connectivity index (χ4n) is 1.70. The quantitative estimate of drug-likeness (QED) is 0.616. The van der Waals surface area contributed by atoms with Crippen molar-refractivity contribution in [3.63, 3.8) is 0 Å². The van der Waals surface area contributed by atoms with Crippen molar-refractivity contribution in [1.82, 2.24) is 9.78 Å². The van der Waals surface area contributed by atoms with Gasteiger partial charge in [0, 0.05) is 14.1 Å². The molecular weight excluding hydrogens is 168 g/mol. The minimum atomic E-state index is 0.0195. The van der Waals surface area contributed by atoms with Crippen molar-refractivity contribution in [2.45, 2.75) is 6.92 Å². The Bertz CT molecular complexity index is 368. The number of amides is 1. The van der Waals surface area contributed by atoms with Crippen molar-refractivity contribution in [3.05, 3.63) is 5.69 Å². The van der Waals surface area contributed by atoms with E-state index in [9.17, 15) is 4.79 Å². The molecule has 1 aromatic heterocycles. The Morgan fingerprint density at radius 2 is 2.15 bits per heavy atom. The average molecular weight is 180 g/mol. The molecule has 1 N–H and O–H groups in total. The largest absolute Gasteiger partial charge is 0.349 e. The maximum Gasteiger partial charge on any atom is 0.244 e. The Morgan fingerprint density at radius 3 is 2.85 bits per heavy atom. The van der Waals surface area contributed by atoms with E-state index in [1.54, 1.807) is 4.68 Å². The van der Waals surface area contributed by atoms with Gasteiger partial charge in [0.05, 0.1) is 12.2 Å². The topological polar surface area (TPSA) is 50.2 Å². The molecule has 1 aromatic rings. The molecule has 0 radical (unpaired) electrons. The van der Waals surface area contributed by atoms with Crippen molar-refractivity contribution in [2.75, 3.05) is 23.8 Å². The van der Waals surface area contributed by atoms with Gasteiger partial charge in [0.25, 0.3) is 0 Å². The lowest BCUT2D eigenvalue weighted by Crippen LogP contribution is -2.36. The summed E-state index contributed by atoms with van der Waals surface area (Å²) in [6.07, 6.45) is 0. The molecule has 0 unspecified atom stereocenters. The van der Waals surface area contributed by atoms with Gasteiger partial charge in [0.15, 0.2) is 5.82 Å². The third-order valence-electron chi connectivity index (χ3n) is 2.20. The molecule has 0 aliphatic carbocycles. The van der Waals surface area contributed by atoms with Crippen molar-refractivity contribution in [2.24, 2.45) is 7.05 Å². The molecule has 1 aliphatic rings. The number of aromatic nitrogens is 2. The maximum atomic E-state index is 11.2. The van der Waals surface area contributed by atoms with Crippen LogP contribution in [0.1, 0.15) is 5.69 Å². The Morgan fingerprint density at radius 1 is 1.46 bits per heavy atom. The van der Waals surface area contributed by atoms with Gasteiger partial charge in [-0.15, -0.1) is 0 Å². The molecule has 0 spiro atoms. The summed E-state index contributed by atoms with van der Waals surface area (Å²) in [6, 6.07) is 0. The molecule has 13 heavy (non-hydrogen) atoms. The van der Waals surface area contributed by atoms with E-state index in [4.69, 9.17) is 0 Å². The van der Waals surface area contributed by atoms with Crippen LogP contribution in [0.3, 0.4) is 0 Å². The third kappa shape index (κ3) is 1.07.